The van der Waals surface area contributed by atoms with Crippen LogP contribution >= 0.6 is 0 Å². The molecule has 1 saturated heterocycles. The van der Waals surface area contributed by atoms with Gasteiger partial charge in [0.15, 0.2) is 0 Å². The molecule has 2 rings (SSSR count). The van der Waals surface area contributed by atoms with Gasteiger partial charge in [0.1, 0.15) is 5.82 Å². The molecule has 25 heavy (non-hydrogen) atoms. The second-order valence-corrected chi connectivity index (χ2v) is 5.53. The molecule has 0 atom stereocenters. The minimum atomic E-state index is -4.70. The van der Waals surface area contributed by atoms with Gasteiger partial charge in [-0.15, -0.1) is 0 Å². The minimum Gasteiger partial charge on any atom is -0.354 e. The van der Waals surface area contributed by atoms with Crippen molar-refractivity contribution in [2.45, 2.75) is 12.7 Å². The number of alkyl halides is 3. The van der Waals surface area contributed by atoms with Crippen molar-refractivity contribution in [3.05, 3.63) is 35.1 Å². The van der Waals surface area contributed by atoms with Gasteiger partial charge in [0.2, 0.25) is 5.91 Å². The molecular formula is C15H18F4N4O2. The van der Waals surface area contributed by atoms with E-state index in [1.165, 1.54) is 0 Å². The molecule has 0 radical (unpaired) electrons. The van der Waals surface area contributed by atoms with Gasteiger partial charge in [0.05, 0.1) is 12.1 Å². The van der Waals surface area contributed by atoms with E-state index in [4.69, 9.17) is 0 Å². The molecule has 1 fully saturated rings. The standard InChI is InChI=1S/C15H18F4N4O2/c16-11-2-1-10(12(7-11)15(17,18)19)8-22-14(25)21-4-6-23-5-3-20-13(24)9-23/h1-2,7H,3-6,8-9H2,(H,20,24)(H2,21,22,25). The largest absolute Gasteiger partial charge is 0.416 e. The van der Waals surface area contributed by atoms with Crippen molar-refractivity contribution >= 4 is 11.9 Å². The van der Waals surface area contributed by atoms with Crippen molar-refractivity contribution in [1.82, 2.24) is 20.9 Å². The lowest BCUT2D eigenvalue weighted by Gasteiger charge is -2.26. The fraction of sp³-hybridized carbons (Fsp3) is 0.467. The number of nitrogens with one attached hydrogen (secondary N) is 3. The van der Waals surface area contributed by atoms with Crippen LogP contribution in [0.4, 0.5) is 22.4 Å². The van der Waals surface area contributed by atoms with E-state index in [0.717, 1.165) is 12.1 Å². The maximum atomic E-state index is 13.0. The first kappa shape index (κ1) is 19.0. The Morgan fingerprint density at radius 3 is 2.72 bits per heavy atom. The van der Waals surface area contributed by atoms with Gasteiger partial charge in [-0.1, -0.05) is 6.07 Å². The summed E-state index contributed by atoms with van der Waals surface area (Å²) in [5, 5.41) is 7.49. The summed E-state index contributed by atoms with van der Waals surface area (Å²) >= 11 is 0. The fourth-order valence-electron chi connectivity index (χ4n) is 2.41. The molecule has 0 unspecified atom stereocenters. The summed E-state index contributed by atoms with van der Waals surface area (Å²) in [6.07, 6.45) is -4.70. The van der Waals surface area contributed by atoms with E-state index < -0.39 is 23.6 Å². The third kappa shape index (κ3) is 5.89. The Hall–Kier alpha value is -2.36. The average molecular weight is 362 g/mol. The van der Waals surface area contributed by atoms with E-state index in [9.17, 15) is 27.2 Å². The molecule has 1 aliphatic rings. The van der Waals surface area contributed by atoms with E-state index in [1.807, 2.05) is 4.90 Å². The number of urea groups is 1. The highest BCUT2D eigenvalue weighted by atomic mass is 19.4. The van der Waals surface area contributed by atoms with Crippen LogP contribution < -0.4 is 16.0 Å². The van der Waals surface area contributed by atoms with Crippen LogP contribution in [-0.4, -0.2) is 49.6 Å². The van der Waals surface area contributed by atoms with Crippen LogP contribution in [-0.2, 0) is 17.5 Å². The number of piperazine rings is 1. The van der Waals surface area contributed by atoms with Crippen LogP contribution in [0.15, 0.2) is 18.2 Å². The van der Waals surface area contributed by atoms with Gasteiger partial charge in [-0.3, -0.25) is 9.69 Å². The molecule has 0 bridgehead atoms. The highest BCUT2D eigenvalue weighted by Gasteiger charge is 2.33. The van der Waals surface area contributed by atoms with E-state index in [1.54, 1.807) is 0 Å². The number of amides is 3. The van der Waals surface area contributed by atoms with Gasteiger partial charge in [0.25, 0.3) is 0 Å². The average Bonchev–Trinajstić information content (AvgIpc) is 2.53. The minimum absolute atomic E-state index is 0.0910. The first-order valence-corrected chi connectivity index (χ1v) is 7.62. The molecular weight excluding hydrogens is 344 g/mol. The quantitative estimate of drug-likeness (QED) is 0.687. The van der Waals surface area contributed by atoms with Crippen LogP contribution in [0.25, 0.3) is 0 Å². The number of hydrogen-bond acceptors (Lipinski definition) is 3. The van der Waals surface area contributed by atoms with E-state index in [2.05, 4.69) is 16.0 Å². The van der Waals surface area contributed by atoms with Crippen molar-refractivity contribution in [2.75, 3.05) is 32.7 Å². The van der Waals surface area contributed by atoms with Crippen molar-refractivity contribution in [3.63, 3.8) is 0 Å². The molecule has 1 heterocycles. The Labute approximate surface area is 141 Å². The number of halogens is 4. The Morgan fingerprint density at radius 2 is 2.04 bits per heavy atom. The predicted molar refractivity (Wildman–Crippen MR) is 81.1 cm³/mol. The molecule has 3 N–H and O–H groups in total. The summed E-state index contributed by atoms with van der Waals surface area (Å²) in [4.78, 5) is 24.7. The first-order chi connectivity index (χ1) is 11.8. The fourth-order valence-corrected chi connectivity index (χ4v) is 2.41. The van der Waals surface area contributed by atoms with Crippen LogP contribution in [0.5, 0.6) is 0 Å². The lowest BCUT2D eigenvalue weighted by Crippen LogP contribution is -2.50. The molecule has 10 heteroatoms. The summed E-state index contributed by atoms with van der Waals surface area (Å²) in [5.74, 6) is -1.09. The number of nitrogens with zero attached hydrogens (tertiary/aromatic N) is 1. The number of carbonyl (C=O) groups excluding carboxylic acids is 2. The van der Waals surface area contributed by atoms with Gasteiger partial charge in [-0.2, -0.15) is 13.2 Å². The van der Waals surface area contributed by atoms with Crippen LogP contribution in [0.2, 0.25) is 0 Å². The second kappa shape index (κ2) is 8.15. The van der Waals surface area contributed by atoms with Crippen molar-refractivity contribution in [3.8, 4) is 0 Å². The van der Waals surface area contributed by atoms with Crippen LogP contribution in [0.1, 0.15) is 11.1 Å². The Kier molecular flexibility index (Phi) is 6.18. The SMILES string of the molecule is O=C1CN(CCNC(=O)NCc2ccc(F)cc2C(F)(F)F)CCN1. The third-order valence-corrected chi connectivity index (χ3v) is 3.65. The number of benzene rings is 1. The zero-order valence-corrected chi connectivity index (χ0v) is 13.3. The van der Waals surface area contributed by atoms with Gasteiger partial charge in [-0.25, -0.2) is 9.18 Å². The molecule has 6 nitrogen and oxygen atoms in total. The second-order valence-electron chi connectivity index (χ2n) is 5.53. The zero-order valence-electron chi connectivity index (χ0n) is 13.3. The van der Waals surface area contributed by atoms with Crippen LogP contribution in [0, 0.1) is 5.82 Å². The first-order valence-electron chi connectivity index (χ1n) is 7.62. The summed E-state index contributed by atoms with van der Waals surface area (Å²) in [7, 11) is 0. The molecule has 1 aromatic carbocycles. The van der Waals surface area contributed by atoms with Crippen molar-refractivity contribution in [1.29, 1.82) is 0 Å². The molecule has 138 valence electrons. The van der Waals surface area contributed by atoms with Crippen LogP contribution in [0.3, 0.4) is 0 Å². The van der Waals surface area contributed by atoms with Crippen molar-refractivity contribution in [2.24, 2.45) is 0 Å². The summed E-state index contributed by atoms with van der Waals surface area (Å²) < 4.78 is 51.6. The normalized spacial score (nSPS) is 15.6. The number of carbonyl (C=O) groups is 2. The Morgan fingerprint density at radius 1 is 1.28 bits per heavy atom. The molecule has 0 spiro atoms. The third-order valence-electron chi connectivity index (χ3n) is 3.65. The van der Waals surface area contributed by atoms with E-state index in [0.29, 0.717) is 25.7 Å². The molecule has 1 aliphatic heterocycles. The van der Waals surface area contributed by atoms with Gasteiger partial charge in [0, 0.05) is 32.7 Å². The molecule has 3 amide bonds. The smallest absolute Gasteiger partial charge is 0.354 e. The number of rotatable bonds is 5. The topological polar surface area (TPSA) is 73.5 Å². The van der Waals surface area contributed by atoms with Gasteiger partial charge in [-0.05, 0) is 17.7 Å². The molecule has 0 aliphatic carbocycles. The predicted octanol–water partition coefficient (Wildman–Crippen LogP) is 1.08. The monoisotopic (exact) mass is 362 g/mol. The maximum Gasteiger partial charge on any atom is 0.416 e. The Balaban J connectivity index is 1.79. The Bertz CT molecular complexity index is 636. The highest BCUT2D eigenvalue weighted by Crippen LogP contribution is 2.32. The summed E-state index contributed by atoms with van der Waals surface area (Å²) in [6.45, 7) is 1.76. The summed E-state index contributed by atoms with van der Waals surface area (Å²) in [6, 6.07) is 1.66. The molecule has 0 saturated carbocycles. The van der Waals surface area contributed by atoms with Gasteiger partial charge >= 0.3 is 12.2 Å². The number of hydrogen-bond donors (Lipinski definition) is 3. The lowest BCUT2D eigenvalue weighted by molar-refractivity contribution is -0.138. The maximum absolute atomic E-state index is 13.0. The highest BCUT2D eigenvalue weighted by molar-refractivity contribution is 5.78. The molecule has 0 aromatic heterocycles. The molecule has 1 aromatic rings. The van der Waals surface area contributed by atoms with Gasteiger partial charge < -0.3 is 16.0 Å². The van der Waals surface area contributed by atoms with E-state index in [-0.39, 0.29) is 31.1 Å². The van der Waals surface area contributed by atoms with E-state index >= 15 is 0 Å². The zero-order chi connectivity index (χ0) is 18.4. The lowest BCUT2D eigenvalue weighted by atomic mass is 10.1. The summed E-state index contributed by atoms with van der Waals surface area (Å²) in [5.41, 5.74) is -1.34. The van der Waals surface area contributed by atoms with Crippen molar-refractivity contribution < 1.29 is 27.2 Å².